The van der Waals surface area contributed by atoms with Crippen LogP contribution in [0.5, 0.6) is 5.75 Å². The van der Waals surface area contributed by atoms with Gasteiger partial charge in [0.15, 0.2) is 6.61 Å². The molecule has 0 atom stereocenters. The molecule has 8 heteroatoms. The van der Waals surface area contributed by atoms with Crippen LogP contribution in [-0.4, -0.2) is 31.6 Å². The number of esters is 1. The number of hydrogen-bond donors (Lipinski definition) is 1. The maximum absolute atomic E-state index is 12.6. The van der Waals surface area contributed by atoms with Crippen LogP contribution in [0, 0.1) is 6.92 Å². The minimum absolute atomic E-state index is 0.0545. The molecule has 29 heavy (non-hydrogen) atoms. The fraction of sp³-hybridized carbons (Fsp3) is 0.333. The number of carbonyl (C=O) groups is 2. The van der Waals surface area contributed by atoms with Gasteiger partial charge in [0.25, 0.3) is 0 Å². The molecule has 0 saturated carbocycles. The lowest BCUT2D eigenvalue weighted by Gasteiger charge is -2.10. The molecule has 0 heterocycles. The van der Waals surface area contributed by atoms with Crippen LogP contribution in [0.2, 0.25) is 0 Å². The van der Waals surface area contributed by atoms with Gasteiger partial charge < -0.3 is 14.8 Å². The first-order valence-corrected chi connectivity index (χ1v) is 9.02. The van der Waals surface area contributed by atoms with E-state index in [1.54, 1.807) is 0 Å². The zero-order chi connectivity index (χ0) is 21.3. The highest BCUT2D eigenvalue weighted by molar-refractivity contribution is 5.76. The van der Waals surface area contributed by atoms with Crippen molar-refractivity contribution in [1.82, 2.24) is 5.32 Å². The van der Waals surface area contributed by atoms with E-state index in [2.05, 4.69) is 5.32 Å². The van der Waals surface area contributed by atoms with Crippen LogP contribution in [0.4, 0.5) is 13.2 Å². The molecule has 0 fully saturated rings. The molecule has 0 radical (unpaired) electrons. The van der Waals surface area contributed by atoms with Crippen LogP contribution >= 0.6 is 0 Å². The van der Waals surface area contributed by atoms with Crippen molar-refractivity contribution in [2.24, 2.45) is 0 Å². The van der Waals surface area contributed by atoms with Gasteiger partial charge in [0, 0.05) is 6.42 Å². The topological polar surface area (TPSA) is 64.6 Å². The van der Waals surface area contributed by atoms with E-state index in [1.807, 2.05) is 31.2 Å². The second-order valence-electron chi connectivity index (χ2n) is 6.37. The summed E-state index contributed by atoms with van der Waals surface area (Å²) in [5.41, 5.74) is 1.35. The number of rotatable bonds is 9. The Hall–Kier alpha value is -3.03. The number of hydrogen-bond acceptors (Lipinski definition) is 4. The number of ether oxygens (including phenoxy) is 2. The third-order valence-electron chi connectivity index (χ3n) is 3.97. The summed E-state index contributed by atoms with van der Waals surface area (Å²) in [7, 11) is 0. The number of alkyl halides is 3. The third kappa shape index (κ3) is 8.25. The zero-order valence-corrected chi connectivity index (χ0v) is 15.9. The summed E-state index contributed by atoms with van der Waals surface area (Å²) >= 11 is 0. The predicted molar refractivity (Wildman–Crippen MR) is 100 cm³/mol. The maximum Gasteiger partial charge on any atom is 0.416 e. The van der Waals surface area contributed by atoms with E-state index in [0.717, 1.165) is 23.3 Å². The highest BCUT2D eigenvalue weighted by Crippen LogP contribution is 2.31. The minimum Gasteiger partial charge on any atom is -0.482 e. The van der Waals surface area contributed by atoms with Gasteiger partial charge in [0.2, 0.25) is 5.91 Å². The first-order valence-electron chi connectivity index (χ1n) is 9.02. The third-order valence-corrected chi connectivity index (χ3v) is 3.97. The summed E-state index contributed by atoms with van der Waals surface area (Å²) in [6.07, 6.45) is -3.57. The Kier molecular flexibility index (Phi) is 8.06. The standard InChI is InChI=1S/C21H22F3NO4/c1-15-5-7-16(8-6-15)9-10-19(26)25-11-12-28-20(27)14-29-18-4-2-3-17(13-18)21(22,23)24/h2-8,13H,9-12,14H2,1H3,(H,25,26). The van der Waals surface area contributed by atoms with Crippen molar-refractivity contribution in [2.75, 3.05) is 19.8 Å². The maximum atomic E-state index is 12.6. The summed E-state index contributed by atoms with van der Waals surface area (Å²) in [5.74, 6) is -0.987. The summed E-state index contributed by atoms with van der Waals surface area (Å²) in [4.78, 5) is 23.4. The molecule has 2 aromatic rings. The lowest BCUT2D eigenvalue weighted by atomic mass is 10.1. The molecule has 0 aromatic heterocycles. The molecule has 5 nitrogen and oxygen atoms in total. The van der Waals surface area contributed by atoms with Crippen molar-refractivity contribution >= 4 is 11.9 Å². The normalized spacial score (nSPS) is 11.0. The molecule has 0 aliphatic heterocycles. The largest absolute Gasteiger partial charge is 0.482 e. The molecule has 0 saturated heterocycles. The van der Waals surface area contributed by atoms with Crippen molar-refractivity contribution in [1.29, 1.82) is 0 Å². The SMILES string of the molecule is Cc1ccc(CCC(=O)NCCOC(=O)COc2cccc(C(F)(F)F)c2)cc1. The molecule has 0 unspecified atom stereocenters. The number of nitrogens with one attached hydrogen (secondary N) is 1. The number of carbonyl (C=O) groups excluding carboxylic acids is 2. The molecule has 0 bridgehead atoms. The fourth-order valence-electron chi connectivity index (χ4n) is 2.40. The summed E-state index contributed by atoms with van der Waals surface area (Å²) in [6.45, 7) is 1.55. The van der Waals surface area contributed by atoms with E-state index in [9.17, 15) is 22.8 Å². The summed E-state index contributed by atoms with van der Waals surface area (Å²) in [6, 6.07) is 12.1. The van der Waals surface area contributed by atoms with E-state index >= 15 is 0 Å². The summed E-state index contributed by atoms with van der Waals surface area (Å²) in [5, 5.41) is 2.64. The Balaban J connectivity index is 1.61. The van der Waals surface area contributed by atoms with Gasteiger partial charge in [-0.2, -0.15) is 13.2 Å². The molecule has 2 aromatic carbocycles. The lowest BCUT2D eigenvalue weighted by Crippen LogP contribution is -2.29. The van der Waals surface area contributed by atoms with Crippen LogP contribution in [-0.2, 0) is 26.9 Å². The average Bonchev–Trinajstić information content (AvgIpc) is 2.69. The molecular formula is C21H22F3NO4. The van der Waals surface area contributed by atoms with Crippen molar-refractivity contribution in [3.05, 3.63) is 65.2 Å². The van der Waals surface area contributed by atoms with E-state index in [0.29, 0.717) is 12.8 Å². The highest BCUT2D eigenvalue weighted by atomic mass is 19.4. The second kappa shape index (κ2) is 10.5. The van der Waals surface area contributed by atoms with Crippen LogP contribution < -0.4 is 10.1 Å². The molecule has 1 N–H and O–H groups in total. The van der Waals surface area contributed by atoms with E-state index in [1.165, 1.54) is 12.1 Å². The number of amides is 1. The summed E-state index contributed by atoms with van der Waals surface area (Å²) < 4.78 is 47.8. The molecule has 1 amide bonds. The number of benzene rings is 2. The average molecular weight is 409 g/mol. The van der Waals surface area contributed by atoms with Gasteiger partial charge in [-0.25, -0.2) is 4.79 Å². The van der Waals surface area contributed by atoms with Gasteiger partial charge in [-0.1, -0.05) is 35.9 Å². The second-order valence-corrected chi connectivity index (χ2v) is 6.37. The van der Waals surface area contributed by atoms with Crippen molar-refractivity contribution in [3.8, 4) is 5.75 Å². The Morgan fingerprint density at radius 2 is 1.79 bits per heavy atom. The molecular weight excluding hydrogens is 387 g/mol. The Bertz CT molecular complexity index is 819. The zero-order valence-electron chi connectivity index (χ0n) is 15.9. The van der Waals surface area contributed by atoms with Crippen LogP contribution in [0.15, 0.2) is 48.5 Å². The van der Waals surface area contributed by atoms with Gasteiger partial charge in [-0.05, 0) is 37.1 Å². The monoisotopic (exact) mass is 409 g/mol. The quantitative estimate of drug-likeness (QED) is 0.507. The molecule has 2 rings (SSSR count). The lowest BCUT2D eigenvalue weighted by molar-refractivity contribution is -0.146. The fourth-order valence-corrected chi connectivity index (χ4v) is 2.40. The highest BCUT2D eigenvalue weighted by Gasteiger charge is 2.30. The van der Waals surface area contributed by atoms with Gasteiger partial charge in [-0.3, -0.25) is 4.79 Å². The van der Waals surface area contributed by atoms with Crippen LogP contribution in [0.3, 0.4) is 0 Å². The predicted octanol–water partition coefficient (Wildman–Crippen LogP) is 3.68. The minimum atomic E-state index is -4.49. The molecule has 0 aliphatic carbocycles. The Labute approximate surface area is 166 Å². The van der Waals surface area contributed by atoms with Crippen molar-refractivity contribution in [3.63, 3.8) is 0 Å². The molecule has 0 spiro atoms. The smallest absolute Gasteiger partial charge is 0.416 e. The van der Waals surface area contributed by atoms with E-state index in [-0.39, 0.29) is 24.8 Å². The van der Waals surface area contributed by atoms with Crippen LogP contribution in [0.25, 0.3) is 0 Å². The van der Waals surface area contributed by atoms with Gasteiger partial charge in [0.05, 0.1) is 12.1 Å². The first kappa shape index (κ1) is 22.3. The van der Waals surface area contributed by atoms with Crippen molar-refractivity contribution in [2.45, 2.75) is 25.9 Å². The van der Waals surface area contributed by atoms with Gasteiger partial charge in [0.1, 0.15) is 12.4 Å². The van der Waals surface area contributed by atoms with Gasteiger partial charge in [-0.15, -0.1) is 0 Å². The Morgan fingerprint density at radius 1 is 1.07 bits per heavy atom. The van der Waals surface area contributed by atoms with Crippen molar-refractivity contribution < 1.29 is 32.2 Å². The van der Waals surface area contributed by atoms with Gasteiger partial charge >= 0.3 is 12.1 Å². The molecule has 0 aliphatic rings. The van der Waals surface area contributed by atoms with Crippen LogP contribution in [0.1, 0.15) is 23.1 Å². The number of aryl methyl sites for hydroxylation is 2. The first-order chi connectivity index (χ1) is 13.7. The molecule has 156 valence electrons. The Morgan fingerprint density at radius 3 is 2.48 bits per heavy atom. The number of halogens is 3. The van der Waals surface area contributed by atoms with E-state index < -0.39 is 24.3 Å². The van der Waals surface area contributed by atoms with E-state index in [4.69, 9.17) is 9.47 Å².